The van der Waals surface area contributed by atoms with Crippen LogP contribution in [-0.4, -0.2) is 16.7 Å². The second-order valence-corrected chi connectivity index (χ2v) is 9.99. The smallest absolute Gasteiger partial charge is 0.255 e. The van der Waals surface area contributed by atoms with Gasteiger partial charge in [-0.15, -0.1) is 11.3 Å². The van der Waals surface area contributed by atoms with Crippen LogP contribution in [0, 0.1) is 13.8 Å². The first kappa shape index (κ1) is 22.3. The summed E-state index contributed by atoms with van der Waals surface area (Å²) in [5.74, 6) is 0.110. The lowest BCUT2D eigenvalue weighted by atomic mass is 9.71. The Labute approximate surface area is 203 Å². The summed E-state index contributed by atoms with van der Waals surface area (Å²) >= 11 is 1.69. The minimum atomic E-state index is -0.418. The monoisotopic (exact) mass is 469 g/mol. The molecular weight excluding hydrogens is 442 g/mol. The Balaban J connectivity index is 1.58. The molecule has 0 bridgehead atoms. The zero-order valence-corrected chi connectivity index (χ0v) is 20.3. The zero-order chi connectivity index (χ0) is 23.8. The van der Waals surface area contributed by atoms with Crippen molar-refractivity contribution in [3.8, 4) is 0 Å². The molecule has 0 spiro atoms. The molecule has 1 amide bonds. The van der Waals surface area contributed by atoms with Crippen molar-refractivity contribution >= 4 is 28.8 Å². The second-order valence-electron chi connectivity index (χ2n) is 9.01. The first-order valence-corrected chi connectivity index (χ1v) is 12.4. The Morgan fingerprint density at radius 3 is 2.59 bits per heavy atom. The molecule has 2 atom stereocenters. The van der Waals surface area contributed by atoms with Crippen molar-refractivity contribution in [3.63, 3.8) is 0 Å². The number of thiophene rings is 1. The van der Waals surface area contributed by atoms with Gasteiger partial charge in [-0.25, -0.2) is 4.98 Å². The summed E-state index contributed by atoms with van der Waals surface area (Å²) in [5.41, 5.74) is 5.87. The summed E-state index contributed by atoms with van der Waals surface area (Å²) in [5, 5.41) is 8.47. The molecule has 0 radical (unpaired) electrons. The average molecular weight is 470 g/mol. The molecular formula is C28H27N3O2S. The number of Topliss-reactive ketones (excluding diaryl/α,β-unsaturated/α-hetero) is 1. The van der Waals surface area contributed by atoms with Crippen molar-refractivity contribution < 1.29 is 9.59 Å². The Morgan fingerprint density at radius 2 is 1.85 bits per heavy atom. The van der Waals surface area contributed by atoms with Gasteiger partial charge in [-0.2, -0.15) is 0 Å². The van der Waals surface area contributed by atoms with Crippen LogP contribution in [0.3, 0.4) is 0 Å². The molecule has 3 aromatic rings. The third-order valence-corrected chi connectivity index (χ3v) is 7.68. The Hall–Kier alpha value is -3.51. The van der Waals surface area contributed by atoms with Crippen LogP contribution in [0.5, 0.6) is 0 Å². The molecule has 1 aromatic carbocycles. The minimum Gasteiger partial charge on any atom is -0.362 e. The van der Waals surface area contributed by atoms with Crippen LogP contribution in [-0.2, 0) is 9.59 Å². The van der Waals surface area contributed by atoms with Gasteiger partial charge >= 0.3 is 0 Å². The molecule has 1 aliphatic carbocycles. The molecule has 2 aromatic heterocycles. The van der Waals surface area contributed by atoms with Gasteiger partial charge in [-0.05, 0) is 61.9 Å². The molecule has 34 heavy (non-hydrogen) atoms. The van der Waals surface area contributed by atoms with Gasteiger partial charge in [0.25, 0.3) is 5.91 Å². The van der Waals surface area contributed by atoms with E-state index >= 15 is 0 Å². The molecule has 3 heterocycles. The van der Waals surface area contributed by atoms with Gasteiger partial charge in [0.1, 0.15) is 5.82 Å². The summed E-state index contributed by atoms with van der Waals surface area (Å²) in [6.07, 6.45) is 1.21. The van der Waals surface area contributed by atoms with Crippen molar-refractivity contribution in [2.24, 2.45) is 0 Å². The number of ketones is 1. The number of pyridine rings is 1. The van der Waals surface area contributed by atoms with Gasteiger partial charge in [-0.1, -0.05) is 36.4 Å². The van der Waals surface area contributed by atoms with E-state index in [1.807, 2.05) is 63.2 Å². The van der Waals surface area contributed by atoms with Crippen LogP contribution in [0.1, 0.15) is 53.3 Å². The molecule has 1 aliphatic heterocycles. The minimum absolute atomic E-state index is 0.104. The molecule has 6 heteroatoms. The van der Waals surface area contributed by atoms with Gasteiger partial charge in [-0.3, -0.25) is 9.59 Å². The zero-order valence-electron chi connectivity index (χ0n) is 19.5. The van der Waals surface area contributed by atoms with Gasteiger partial charge in [0, 0.05) is 51.4 Å². The van der Waals surface area contributed by atoms with Crippen LogP contribution in [0.2, 0.25) is 0 Å². The molecule has 2 unspecified atom stereocenters. The van der Waals surface area contributed by atoms with Crippen molar-refractivity contribution in [2.75, 3.05) is 5.32 Å². The molecule has 2 aliphatic rings. The standard InChI is InChI=1S/C28H27N3O2S/c1-16-8-4-5-10-20(16)26-25(28(33)31-24-12-6-9-17(2)29-24)18(3)30-21-14-19(15-22(32)27(21)26)23-11-7-13-34-23/h4-13,19,26,30H,14-15H2,1-3H3,(H,29,31,33). The highest BCUT2D eigenvalue weighted by Crippen LogP contribution is 2.46. The molecule has 5 rings (SSSR count). The molecule has 172 valence electrons. The number of dihydropyridines is 1. The van der Waals surface area contributed by atoms with E-state index in [-0.39, 0.29) is 17.6 Å². The number of nitrogens with one attached hydrogen (secondary N) is 2. The molecule has 0 saturated heterocycles. The van der Waals surface area contributed by atoms with Crippen LogP contribution in [0.25, 0.3) is 0 Å². The molecule has 5 nitrogen and oxygen atoms in total. The summed E-state index contributed by atoms with van der Waals surface area (Å²) in [4.78, 5) is 32.9. The number of benzene rings is 1. The number of hydrogen-bond acceptors (Lipinski definition) is 5. The lowest BCUT2D eigenvalue weighted by Gasteiger charge is -2.37. The fraction of sp³-hybridized carbons (Fsp3) is 0.250. The highest BCUT2D eigenvalue weighted by Gasteiger charge is 2.41. The van der Waals surface area contributed by atoms with Gasteiger partial charge in [0.05, 0.1) is 0 Å². The lowest BCUT2D eigenvalue weighted by Crippen LogP contribution is -2.37. The van der Waals surface area contributed by atoms with E-state index in [9.17, 15) is 9.59 Å². The summed E-state index contributed by atoms with van der Waals surface area (Å²) in [6.45, 7) is 5.85. The van der Waals surface area contributed by atoms with E-state index in [1.54, 1.807) is 17.4 Å². The van der Waals surface area contributed by atoms with E-state index in [4.69, 9.17) is 0 Å². The average Bonchev–Trinajstić information content (AvgIpc) is 3.33. The van der Waals surface area contributed by atoms with E-state index in [1.165, 1.54) is 4.88 Å². The Morgan fingerprint density at radius 1 is 1.03 bits per heavy atom. The topological polar surface area (TPSA) is 71.1 Å². The number of carbonyl (C=O) groups is 2. The first-order valence-electron chi connectivity index (χ1n) is 11.5. The summed E-state index contributed by atoms with van der Waals surface area (Å²) in [7, 11) is 0. The Kier molecular flexibility index (Phi) is 5.92. The van der Waals surface area contributed by atoms with Crippen LogP contribution >= 0.6 is 11.3 Å². The quantitative estimate of drug-likeness (QED) is 0.510. The normalized spacial score (nSPS) is 20.1. The predicted molar refractivity (Wildman–Crippen MR) is 136 cm³/mol. The van der Waals surface area contributed by atoms with Crippen molar-refractivity contribution in [1.82, 2.24) is 10.3 Å². The number of nitrogens with zero attached hydrogens (tertiary/aromatic N) is 1. The second kappa shape index (κ2) is 9.03. The maximum absolute atomic E-state index is 13.6. The SMILES string of the molecule is CC1=C(C(=O)Nc2cccc(C)n2)C(c2ccccc2C)C2=C(CC(c3cccs3)CC2=O)N1. The fourth-order valence-electron chi connectivity index (χ4n) is 5.08. The van der Waals surface area contributed by atoms with Gasteiger partial charge in [0.2, 0.25) is 0 Å². The van der Waals surface area contributed by atoms with E-state index in [2.05, 4.69) is 27.1 Å². The molecule has 0 saturated carbocycles. The number of rotatable bonds is 4. The van der Waals surface area contributed by atoms with Crippen molar-refractivity contribution in [2.45, 2.75) is 45.4 Å². The largest absolute Gasteiger partial charge is 0.362 e. The van der Waals surface area contributed by atoms with E-state index in [0.717, 1.165) is 40.2 Å². The summed E-state index contributed by atoms with van der Waals surface area (Å²) in [6, 6.07) is 17.7. The maximum Gasteiger partial charge on any atom is 0.255 e. The Bertz CT molecular complexity index is 1340. The highest BCUT2D eigenvalue weighted by molar-refractivity contribution is 7.10. The molecule has 2 N–H and O–H groups in total. The number of aryl methyl sites for hydroxylation is 2. The summed E-state index contributed by atoms with van der Waals surface area (Å²) < 4.78 is 0. The van der Waals surface area contributed by atoms with Gasteiger partial charge in [0.15, 0.2) is 5.78 Å². The third kappa shape index (κ3) is 4.10. The van der Waals surface area contributed by atoms with E-state index < -0.39 is 5.92 Å². The third-order valence-electron chi connectivity index (χ3n) is 6.65. The van der Waals surface area contributed by atoms with Crippen LogP contribution < -0.4 is 10.6 Å². The molecule has 0 fully saturated rings. The van der Waals surface area contributed by atoms with Crippen molar-refractivity contribution in [1.29, 1.82) is 0 Å². The number of aromatic nitrogens is 1. The number of amides is 1. The highest BCUT2D eigenvalue weighted by atomic mass is 32.1. The fourth-order valence-corrected chi connectivity index (χ4v) is 5.91. The van der Waals surface area contributed by atoms with Crippen LogP contribution in [0.4, 0.5) is 5.82 Å². The maximum atomic E-state index is 13.6. The van der Waals surface area contributed by atoms with E-state index in [0.29, 0.717) is 17.8 Å². The first-order chi connectivity index (χ1) is 16.4. The number of allylic oxidation sites excluding steroid dienone is 3. The van der Waals surface area contributed by atoms with Crippen molar-refractivity contribution in [3.05, 3.63) is 104 Å². The predicted octanol–water partition coefficient (Wildman–Crippen LogP) is 5.76. The number of hydrogen-bond donors (Lipinski definition) is 2. The van der Waals surface area contributed by atoms with Crippen LogP contribution in [0.15, 0.2) is 82.5 Å². The number of carbonyl (C=O) groups excluding carboxylic acids is 2. The van der Waals surface area contributed by atoms with Gasteiger partial charge < -0.3 is 10.6 Å². The lowest BCUT2D eigenvalue weighted by molar-refractivity contribution is -0.116. The number of anilines is 1.